The molecule has 2 heterocycles. The maximum Gasteiger partial charge on any atom is 0.244 e. The van der Waals surface area contributed by atoms with E-state index >= 15 is 0 Å². The van der Waals surface area contributed by atoms with Gasteiger partial charge in [0.1, 0.15) is 5.76 Å². The Balaban J connectivity index is 1.41. The van der Waals surface area contributed by atoms with Gasteiger partial charge in [-0.2, -0.15) is 0 Å². The van der Waals surface area contributed by atoms with Crippen molar-refractivity contribution in [1.29, 1.82) is 0 Å². The third-order valence-electron chi connectivity index (χ3n) is 5.53. The molecule has 2 aromatic rings. The molecule has 1 saturated heterocycles. The number of rotatable bonds is 7. The third kappa shape index (κ3) is 5.84. The third-order valence-corrected chi connectivity index (χ3v) is 5.53. The van der Waals surface area contributed by atoms with Crippen LogP contribution in [-0.4, -0.2) is 60.2 Å². The van der Waals surface area contributed by atoms with Crippen LogP contribution >= 0.6 is 0 Å². The van der Waals surface area contributed by atoms with E-state index in [1.54, 1.807) is 23.1 Å². The highest BCUT2D eigenvalue weighted by Gasteiger charge is 2.35. The predicted molar refractivity (Wildman–Crippen MR) is 118 cm³/mol. The number of piperazine rings is 1. The molecule has 1 fully saturated rings. The van der Waals surface area contributed by atoms with Crippen LogP contribution in [0.4, 0.5) is 0 Å². The molecule has 164 valence electrons. The van der Waals surface area contributed by atoms with Gasteiger partial charge in [0.05, 0.1) is 11.7 Å². The monoisotopic (exact) mass is 423 g/mol. The van der Waals surface area contributed by atoms with E-state index in [4.69, 9.17) is 4.42 Å². The Morgan fingerprint density at radius 3 is 2.32 bits per heavy atom. The van der Waals surface area contributed by atoms with Crippen molar-refractivity contribution >= 4 is 23.8 Å². The van der Waals surface area contributed by atoms with Crippen molar-refractivity contribution in [1.82, 2.24) is 15.1 Å². The zero-order valence-electron chi connectivity index (χ0n) is 18.0. The van der Waals surface area contributed by atoms with Crippen LogP contribution in [0.3, 0.4) is 0 Å². The lowest BCUT2D eigenvalue weighted by Gasteiger charge is -2.38. The van der Waals surface area contributed by atoms with Gasteiger partial charge in [0.2, 0.25) is 17.7 Å². The number of furan rings is 1. The lowest BCUT2D eigenvalue weighted by Crippen LogP contribution is -2.54. The van der Waals surface area contributed by atoms with Crippen LogP contribution in [0.5, 0.6) is 0 Å². The Hall–Kier alpha value is -3.35. The molecule has 31 heavy (non-hydrogen) atoms. The predicted octanol–water partition coefficient (Wildman–Crippen LogP) is 2.45. The van der Waals surface area contributed by atoms with Gasteiger partial charge in [0, 0.05) is 45.2 Å². The minimum atomic E-state index is -0.610. The van der Waals surface area contributed by atoms with Crippen molar-refractivity contribution in [3.05, 3.63) is 66.1 Å². The van der Waals surface area contributed by atoms with E-state index in [2.05, 4.69) is 5.32 Å². The van der Waals surface area contributed by atoms with E-state index in [0.717, 1.165) is 5.56 Å². The summed E-state index contributed by atoms with van der Waals surface area (Å²) in [5, 5.41) is 2.70. The largest absolute Gasteiger partial charge is 0.465 e. The quantitative estimate of drug-likeness (QED) is 0.694. The van der Waals surface area contributed by atoms with Crippen molar-refractivity contribution < 1.29 is 18.8 Å². The summed E-state index contributed by atoms with van der Waals surface area (Å²) in [6.07, 6.45) is 4.71. The summed E-state index contributed by atoms with van der Waals surface area (Å²) in [6, 6.07) is 13.2. The fraction of sp³-hybridized carbons (Fsp3) is 0.375. The van der Waals surface area contributed by atoms with Gasteiger partial charge in [0.15, 0.2) is 0 Å². The minimum Gasteiger partial charge on any atom is -0.465 e. The second-order valence-electron chi connectivity index (χ2n) is 8.05. The van der Waals surface area contributed by atoms with Gasteiger partial charge in [-0.25, -0.2) is 0 Å². The maximum absolute atomic E-state index is 13.1. The normalized spacial score (nSPS) is 14.6. The molecular formula is C24H29N3O4. The van der Waals surface area contributed by atoms with Gasteiger partial charge in [-0.05, 0) is 37.6 Å². The second-order valence-corrected chi connectivity index (χ2v) is 8.05. The van der Waals surface area contributed by atoms with Crippen LogP contribution in [0.25, 0.3) is 6.08 Å². The number of nitrogens with one attached hydrogen (secondary N) is 1. The lowest BCUT2D eigenvalue weighted by atomic mass is 9.83. The summed E-state index contributed by atoms with van der Waals surface area (Å²) >= 11 is 0. The van der Waals surface area contributed by atoms with Gasteiger partial charge in [-0.3, -0.25) is 14.4 Å². The zero-order chi connectivity index (χ0) is 22.3. The van der Waals surface area contributed by atoms with E-state index < -0.39 is 5.41 Å². The Labute approximate surface area is 182 Å². The van der Waals surface area contributed by atoms with Crippen molar-refractivity contribution in [2.75, 3.05) is 32.7 Å². The molecule has 0 bridgehead atoms. The summed E-state index contributed by atoms with van der Waals surface area (Å²) in [5.74, 6) is 0.364. The van der Waals surface area contributed by atoms with E-state index in [-0.39, 0.29) is 30.7 Å². The Morgan fingerprint density at radius 2 is 1.68 bits per heavy atom. The van der Waals surface area contributed by atoms with E-state index in [0.29, 0.717) is 31.9 Å². The second kappa shape index (κ2) is 10.1. The molecule has 7 nitrogen and oxygen atoms in total. The Bertz CT molecular complexity index is 912. The topological polar surface area (TPSA) is 82.9 Å². The average Bonchev–Trinajstić information content (AvgIpc) is 3.31. The molecule has 1 N–H and O–H groups in total. The van der Waals surface area contributed by atoms with Crippen LogP contribution in [-0.2, 0) is 19.8 Å². The number of carbonyl (C=O) groups excluding carboxylic acids is 3. The zero-order valence-corrected chi connectivity index (χ0v) is 18.0. The fourth-order valence-corrected chi connectivity index (χ4v) is 3.59. The SMILES string of the molecule is CC(C)(C(=O)N1CCN(C(=O)CCNC(=O)/C=C/c2ccco2)CC1)c1ccccc1. The summed E-state index contributed by atoms with van der Waals surface area (Å²) in [7, 11) is 0. The number of amides is 3. The first-order valence-electron chi connectivity index (χ1n) is 10.5. The molecule has 0 aliphatic carbocycles. The van der Waals surface area contributed by atoms with Gasteiger partial charge in [-0.1, -0.05) is 30.3 Å². The molecule has 7 heteroatoms. The molecule has 0 spiro atoms. The van der Waals surface area contributed by atoms with E-state index in [1.807, 2.05) is 49.1 Å². The Morgan fingerprint density at radius 1 is 1.00 bits per heavy atom. The highest BCUT2D eigenvalue weighted by atomic mass is 16.3. The molecule has 1 aromatic heterocycles. The van der Waals surface area contributed by atoms with Gasteiger partial charge in [0.25, 0.3) is 0 Å². The summed E-state index contributed by atoms with van der Waals surface area (Å²) in [6.45, 7) is 6.17. The molecule has 0 atom stereocenters. The van der Waals surface area contributed by atoms with Crippen molar-refractivity contribution in [3.8, 4) is 0 Å². The van der Waals surface area contributed by atoms with Crippen LogP contribution in [0.1, 0.15) is 31.6 Å². The number of carbonyl (C=O) groups is 3. The van der Waals surface area contributed by atoms with Crippen LogP contribution in [0.2, 0.25) is 0 Å². The fourth-order valence-electron chi connectivity index (χ4n) is 3.59. The standard InChI is InChI=1S/C24H29N3O4/c1-24(2,19-7-4-3-5-8-19)23(30)27-16-14-26(15-17-27)22(29)12-13-25-21(28)11-10-20-9-6-18-31-20/h3-11,18H,12-17H2,1-2H3,(H,25,28)/b11-10+. The molecule has 0 unspecified atom stereocenters. The summed E-state index contributed by atoms with van der Waals surface area (Å²) in [4.78, 5) is 40.9. The van der Waals surface area contributed by atoms with Crippen molar-refractivity contribution in [2.45, 2.75) is 25.7 Å². The molecule has 0 radical (unpaired) electrons. The van der Waals surface area contributed by atoms with E-state index in [1.165, 1.54) is 12.3 Å². The molecule has 1 aromatic carbocycles. The van der Waals surface area contributed by atoms with Crippen LogP contribution in [0, 0.1) is 0 Å². The smallest absolute Gasteiger partial charge is 0.244 e. The average molecular weight is 424 g/mol. The highest BCUT2D eigenvalue weighted by Crippen LogP contribution is 2.26. The van der Waals surface area contributed by atoms with Gasteiger partial charge >= 0.3 is 0 Å². The number of hydrogen-bond acceptors (Lipinski definition) is 4. The Kier molecular flexibility index (Phi) is 7.28. The van der Waals surface area contributed by atoms with E-state index in [9.17, 15) is 14.4 Å². The van der Waals surface area contributed by atoms with Crippen molar-refractivity contribution in [3.63, 3.8) is 0 Å². The lowest BCUT2D eigenvalue weighted by molar-refractivity contribution is -0.142. The van der Waals surface area contributed by atoms with Gasteiger partial charge in [-0.15, -0.1) is 0 Å². The summed E-state index contributed by atoms with van der Waals surface area (Å²) in [5.41, 5.74) is 0.372. The number of hydrogen-bond donors (Lipinski definition) is 1. The number of nitrogens with zero attached hydrogens (tertiary/aromatic N) is 2. The van der Waals surface area contributed by atoms with Crippen molar-refractivity contribution in [2.24, 2.45) is 0 Å². The molecular weight excluding hydrogens is 394 g/mol. The first-order chi connectivity index (χ1) is 14.9. The maximum atomic E-state index is 13.1. The molecule has 1 aliphatic rings. The summed E-state index contributed by atoms with van der Waals surface area (Å²) < 4.78 is 5.12. The molecule has 1 aliphatic heterocycles. The first kappa shape index (κ1) is 22.3. The minimum absolute atomic E-state index is 0.0234. The highest BCUT2D eigenvalue weighted by molar-refractivity contribution is 5.91. The van der Waals surface area contributed by atoms with Crippen LogP contribution < -0.4 is 5.32 Å². The van der Waals surface area contributed by atoms with Crippen LogP contribution in [0.15, 0.2) is 59.2 Å². The molecule has 3 amide bonds. The van der Waals surface area contributed by atoms with Gasteiger partial charge < -0.3 is 19.5 Å². The first-order valence-corrected chi connectivity index (χ1v) is 10.5. The number of benzene rings is 1. The molecule has 0 saturated carbocycles. The molecule has 3 rings (SSSR count).